The van der Waals surface area contributed by atoms with Gasteiger partial charge in [-0.3, -0.25) is 11.3 Å². The third-order valence-corrected chi connectivity index (χ3v) is 1.11. The molecule has 0 aromatic carbocycles. The Balaban J connectivity index is 2.93. The van der Waals surface area contributed by atoms with E-state index in [2.05, 4.69) is 21.6 Å². The van der Waals surface area contributed by atoms with Crippen LogP contribution in [-0.2, 0) is 4.57 Å². The van der Waals surface area contributed by atoms with Crippen LogP contribution in [0.3, 0.4) is 0 Å². The Morgan fingerprint density at radius 2 is 2.62 bits per heavy atom. The van der Waals surface area contributed by atoms with Crippen LogP contribution < -0.4 is 10.3 Å². The van der Waals surface area contributed by atoms with Crippen molar-refractivity contribution in [3.63, 3.8) is 0 Å². The van der Waals surface area contributed by atoms with Gasteiger partial charge in [-0.1, -0.05) is 4.57 Å². The highest BCUT2D eigenvalue weighted by Crippen LogP contribution is 1.99. The Hall–Kier alpha value is -0.800. The third kappa shape index (κ3) is 0.882. The summed E-state index contributed by atoms with van der Waals surface area (Å²) in [6, 6.07) is 0. The lowest BCUT2D eigenvalue weighted by Gasteiger charge is -1.84. The zero-order valence-electron chi connectivity index (χ0n) is 3.66. The minimum Gasteiger partial charge on any atom is -0.592 e. The molecule has 6 heteroatoms. The summed E-state index contributed by atoms with van der Waals surface area (Å²) < 4.78 is 9.96. The minimum atomic E-state index is -2.59. The average molecular weight is 130 g/mol. The van der Waals surface area contributed by atoms with Crippen LogP contribution in [0.4, 0.5) is 0 Å². The molecule has 0 amide bonds. The summed E-state index contributed by atoms with van der Waals surface area (Å²) in [6.45, 7) is 0. The number of hydrogen-bond acceptors (Lipinski definition) is 4. The van der Waals surface area contributed by atoms with Crippen molar-refractivity contribution in [1.29, 1.82) is 0 Å². The molecule has 5 nitrogen and oxygen atoms in total. The Labute approximate surface area is 45.6 Å². The van der Waals surface area contributed by atoms with Crippen LogP contribution in [0, 0.1) is 6.20 Å². The molecule has 1 unspecified atom stereocenters. The summed E-state index contributed by atoms with van der Waals surface area (Å²) in [5.74, 6) is 0. The van der Waals surface area contributed by atoms with Crippen molar-refractivity contribution in [3.05, 3.63) is 6.20 Å². The molecule has 0 saturated heterocycles. The molecule has 1 aromatic rings. The molecular weight excluding hydrogens is 129 g/mol. The zero-order chi connectivity index (χ0) is 5.98. The number of H-pyrrole nitrogens is 1. The summed E-state index contributed by atoms with van der Waals surface area (Å²) in [5.41, 5.74) is -0.0833. The fourth-order valence-electron chi connectivity index (χ4n) is 0.251. The van der Waals surface area contributed by atoms with Crippen molar-refractivity contribution < 1.29 is 9.46 Å². The second kappa shape index (κ2) is 1.98. The van der Waals surface area contributed by atoms with Gasteiger partial charge in [-0.15, -0.1) is 5.21 Å². The first-order chi connectivity index (χ1) is 3.80. The first kappa shape index (κ1) is 5.34. The van der Waals surface area contributed by atoms with E-state index in [9.17, 15) is 9.46 Å². The van der Waals surface area contributed by atoms with Gasteiger partial charge in [0.2, 0.25) is 0 Å². The molecule has 42 valence electrons. The monoisotopic (exact) mass is 130 g/mol. The zero-order valence-corrected chi connectivity index (χ0v) is 4.55. The maximum absolute atomic E-state index is 9.96. The van der Waals surface area contributed by atoms with Gasteiger partial charge in [0.1, 0.15) is 5.44 Å². The predicted molar refractivity (Wildman–Crippen MR) is 22.5 cm³/mol. The summed E-state index contributed by atoms with van der Waals surface area (Å²) in [7, 11) is -2.59. The Morgan fingerprint density at radius 1 is 1.88 bits per heavy atom. The van der Waals surface area contributed by atoms with E-state index in [1.165, 1.54) is 0 Å². The number of aromatic nitrogens is 3. The summed E-state index contributed by atoms with van der Waals surface area (Å²) in [6.07, 6.45) is 2.12. The first-order valence-electron chi connectivity index (χ1n) is 1.74. The lowest BCUT2D eigenvalue weighted by molar-refractivity contribution is -0.160. The Morgan fingerprint density at radius 3 is 2.88 bits per heavy atom. The molecular formula is C2HN3O2P-. The predicted octanol–water partition coefficient (Wildman–Crippen LogP) is -1.67. The highest BCUT2D eigenvalue weighted by atomic mass is 31.1. The van der Waals surface area contributed by atoms with Crippen molar-refractivity contribution in [1.82, 2.24) is 15.4 Å². The normalized spacial score (nSPS) is 11.4. The number of hydrogen-bond donors (Lipinski definition) is 1. The van der Waals surface area contributed by atoms with Gasteiger partial charge in [0, 0.05) is 0 Å². The fraction of sp³-hybridized carbons (Fsp3) is 0. The van der Waals surface area contributed by atoms with Crippen molar-refractivity contribution >= 4 is 13.5 Å². The van der Waals surface area contributed by atoms with E-state index in [-0.39, 0.29) is 5.44 Å². The van der Waals surface area contributed by atoms with Crippen molar-refractivity contribution in [2.24, 2.45) is 0 Å². The highest BCUT2D eigenvalue weighted by molar-refractivity contribution is 7.45. The Kier molecular flexibility index (Phi) is 1.32. The number of aromatic amines is 1. The maximum Gasteiger partial charge on any atom is 0.330 e. The molecule has 0 bridgehead atoms. The van der Waals surface area contributed by atoms with Crippen molar-refractivity contribution in [2.75, 3.05) is 0 Å². The van der Waals surface area contributed by atoms with E-state index < -0.39 is 8.03 Å². The molecule has 1 rings (SSSR count). The molecule has 1 N–H and O–H groups in total. The standard InChI is InChI=1S/C2HN3O2P/c6-8(7)2-1-3-5-4-2/h(H,3,4,5)/q-1. The number of nitrogens with one attached hydrogen (secondary N) is 1. The number of nitrogens with zero attached hydrogens (tertiary/aromatic N) is 2. The smallest absolute Gasteiger partial charge is 0.330 e. The van der Waals surface area contributed by atoms with Crippen LogP contribution in [0.5, 0.6) is 0 Å². The van der Waals surface area contributed by atoms with Crippen LogP contribution in [0.25, 0.3) is 0 Å². The van der Waals surface area contributed by atoms with E-state index in [0.717, 1.165) is 0 Å². The quantitative estimate of drug-likeness (QED) is 0.364. The average Bonchev–Trinajstić information content (AvgIpc) is 2.12. The van der Waals surface area contributed by atoms with Crippen LogP contribution in [-0.4, -0.2) is 15.4 Å². The fourth-order valence-corrected chi connectivity index (χ4v) is 0.504. The molecule has 1 aromatic heterocycles. The van der Waals surface area contributed by atoms with Gasteiger partial charge in [-0.2, -0.15) is 0 Å². The minimum absolute atomic E-state index is 0.0833. The molecule has 1 atom stereocenters. The van der Waals surface area contributed by atoms with E-state index in [1.807, 2.05) is 0 Å². The topological polar surface area (TPSA) is 81.7 Å². The van der Waals surface area contributed by atoms with Gasteiger partial charge in [0.05, 0.1) is 0 Å². The number of rotatable bonds is 1. The second-order valence-electron chi connectivity index (χ2n) is 1.03. The van der Waals surface area contributed by atoms with E-state index in [1.54, 1.807) is 0 Å². The molecule has 0 fully saturated rings. The SMILES string of the molecule is O=[P+]([O-])c1[c-]nn[nH]1. The van der Waals surface area contributed by atoms with Crippen LogP contribution >= 0.6 is 8.03 Å². The molecule has 0 radical (unpaired) electrons. The summed E-state index contributed by atoms with van der Waals surface area (Å²) >= 11 is 0. The van der Waals surface area contributed by atoms with Gasteiger partial charge < -0.3 is 9.99 Å². The summed E-state index contributed by atoms with van der Waals surface area (Å²) in [4.78, 5) is 9.96. The van der Waals surface area contributed by atoms with E-state index in [0.29, 0.717) is 0 Å². The lowest BCUT2D eigenvalue weighted by Crippen LogP contribution is -2.04. The maximum atomic E-state index is 9.96. The van der Waals surface area contributed by atoms with Gasteiger partial charge >= 0.3 is 8.03 Å². The van der Waals surface area contributed by atoms with Gasteiger partial charge in [0.15, 0.2) is 0 Å². The van der Waals surface area contributed by atoms with E-state index in [4.69, 9.17) is 0 Å². The second-order valence-corrected chi connectivity index (χ2v) is 1.99. The lowest BCUT2D eigenvalue weighted by atomic mass is 11.0. The van der Waals surface area contributed by atoms with Crippen LogP contribution in [0.2, 0.25) is 0 Å². The third-order valence-electron chi connectivity index (χ3n) is 0.544. The molecule has 0 saturated carbocycles. The summed E-state index contributed by atoms with van der Waals surface area (Å²) in [5, 5.41) is 8.38. The largest absolute Gasteiger partial charge is 0.592 e. The van der Waals surface area contributed by atoms with E-state index >= 15 is 0 Å². The molecule has 0 aliphatic rings. The van der Waals surface area contributed by atoms with Gasteiger partial charge in [-0.25, -0.2) is 0 Å². The van der Waals surface area contributed by atoms with Crippen LogP contribution in [0.15, 0.2) is 0 Å². The Bertz CT molecular complexity index is 183. The highest BCUT2D eigenvalue weighted by Gasteiger charge is 1.94. The molecule has 0 spiro atoms. The molecule has 1 heterocycles. The first-order valence-corrected chi connectivity index (χ1v) is 2.91. The molecule has 8 heavy (non-hydrogen) atoms. The van der Waals surface area contributed by atoms with Crippen molar-refractivity contribution in [3.8, 4) is 0 Å². The molecule has 0 aliphatic heterocycles. The van der Waals surface area contributed by atoms with Crippen LogP contribution in [0.1, 0.15) is 0 Å². The molecule has 0 aliphatic carbocycles. The van der Waals surface area contributed by atoms with Gasteiger partial charge in [-0.05, 0) is 0 Å². The van der Waals surface area contributed by atoms with Crippen molar-refractivity contribution in [2.45, 2.75) is 0 Å². The van der Waals surface area contributed by atoms with Gasteiger partial charge in [0.25, 0.3) is 0 Å².